The zero-order valence-corrected chi connectivity index (χ0v) is 12.7. The molecule has 19 heavy (non-hydrogen) atoms. The van der Waals surface area contributed by atoms with Crippen molar-refractivity contribution >= 4 is 11.9 Å². The van der Waals surface area contributed by atoms with E-state index in [9.17, 15) is 9.59 Å². The van der Waals surface area contributed by atoms with Crippen LogP contribution in [0.4, 0.5) is 0 Å². The van der Waals surface area contributed by atoms with E-state index >= 15 is 0 Å². The molecule has 0 aliphatic heterocycles. The largest absolute Gasteiger partial charge is 0.481 e. The third-order valence-corrected chi connectivity index (χ3v) is 3.09. The number of carboxylic acids is 1. The Hall–Kier alpha value is -1.10. The zero-order valence-electron chi connectivity index (χ0n) is 12.7. The fourth-order valence-electron chi connectivity index (χ4n) is 1.70. The van der Waals surface area contributed by atoms with Crippen LogP contribution in [0, 0.1) is 5.41 Å². The average molecular weight is 272 g/mol. The first-order valence-corrected chi connectivity index (χ1v) is 6.89. The summed E-state index contributed by atoms with van der Waals surface area (Å²) in [6.07, 6.45) is 1.69. The summed E-state index contributed by atoms with van der Waals surface area (Å²) < 4.78 is 0. The number of aliphatic carboxylic acids is 1. The smallest absolute Gasteiger partial charge is 0.303 e. The van der Waals surface area contributed by atoms with Gasteiger partial charge in [-0.25, -0.2) is 0 Å². The Morgan fingerprint density at radius 3 is 2.21 bits per heavy atom. The Kier molecular flexibility index (Phi) is 7.68. The van der Waals surface area contributed by atoms with Gasteiger partial charge in [-0.05, 0) is 45.6 Å². The van der Waals surface area contributed by atoms with E-state index in [2.05, 4.69) is 24.5 Å². The molecule has 0 aliphatic rings. The third-order valence-electron chi connectivity index (χ3n) is 3.09. The van der Waals surface area contributed by atoms with Gasteiger partial charge in [-0.3, -0.25) is 9.59 Å². The standard InChI is InChI=1S/C14H28N2O3/c1-10(2)16-13(19)11(3)15-9-8-14(4,5)7-6-12(17)18/h10-11,15H,6-9H2,1-5H3,(H,16,19)(H,17,18). The summed E-state index contributed by atoms with van der Waals surface area (Å²) in [4.78, 5) is 22.2. The van der Waals surface area contributed by atoms with E-state index in [0.29, 0.717) is 13.0 Å². The van der Waals surface area contributed by atoms with Crippen molar-refractivity contribution in [2.75, 3.05) is 6.54 Å². The molecule has 1 atom stereocenters. The molecule has 0 aromatic carbocycles. The van der Waals surface area contributed by atoms with Crippen LogP contribution in [0.15, 0.2) is 0 Å². The van der Waals surface area contributed by atoms with E-state index in [1.165, 1.54) is 0 Å². The van der Waals surface area contributed by atoms with E-state index in [1.54, 1.807) is 0 Å². The highest BCUT2D eigenvalue weighted by Gasteiger charge is 2.20. The van der Waals surface area contributed by atoms with E-state index < -0.39 is 5.97 Å². The van der Waals surface area contributed by atoms with Crippen molar-refractivity contribution in [3.63, 3.8) is 0 Å². The predicted octanol–water partition coefficient (Wildman–Crippen LogP) is 1.77. The first-order valence-electron chi connectivity index (χ1n) is 6.89. The number of carbonyl (C=O) groups is 2. The minimum absolute atomic E-state index is 0.00154. The van der Waals surface area contributed by atoms with Crippen LogP contribution in [0.25, 0.3) is 0 Å². The van der Waals surface area contributed by atoms with Crippen LogP contribution in [0.3, 0.4) is 0 Å². The molecule has 0 bridgehead atoms. The number of carbonyl (C=O) groups excluding carboxylic acids is 1. The molecule has 0 saturated heterocycles. The van der Waals surface area contributed by atoms with Crippen molar-refractivity contribution < 1.29 is 14.7 Å². The molecule has 5 nitrogen and oxygen atoms in total. The highest BCUT2D eigenvalue weighted by molar-refractivity contribution is 5.81. The van der Waals surface area contributed by atoms with Crippen molar-refractivity contribution in [1.82, 2.24) is 10.6 Å². The van der Waals surface area contributed by atoms with Crippen LogP contribution in [0.5, 0.6) is 0 Å². The predicted molar refractivity (Wildman–Crippen MR) is 76.0 cm³/mol. The van der Waals surface area contributed by atoms with Crippen molar-refractivity contribution in [2.24, 2.45) is 5.41 Å². The van der Waals surface area contributed by atoms with E-state index in [0.717, 1.165) is 6.42 Å². The van der Waals surface area contributed by atoms with Gasteiger partial charge in [0.2, 0.25) is 5.91 Å². The minimum atomic E-state index is -0.759. The highest BCUT2D eigenvalue weighted by atomic mass is 16.4. The molecular weight excluding hydrogens is 244 g/mol. The van der Waals surface area contributed by atoms with Crippen molar-refractivity contribution in [2.45, 2.75) is 66.0 Å². The number of amides is 1. The van der Waals surface area contributed by atoms with Gasteiger partial charge >= 0.3 is 5.97 Å². The second-order valence-corrected chi connectivity index (χ2v) is 6.15. The second-order valence-electron chi connectivity index (χ2n) is 6.15. The second kappa shape index (κ2) is 8.15. The Bertz CT molecular complexity index is 301. The van der Waals surface area contributed by atoms with Crippen molar-refractivity contribution in [3.05, 3.63) is 0 Å². The van der Waals surface area contributed by atoms with Gasteiger partial charge in [0.25, 0.3) is 0 Å². The Labute approximate surface area is 116 Å². The normalized spacial score (nSPS) is 13.4. The minimum Gasteiger partial charge on any atom is -0.481 e. The van der Waals surface area contributed by atoms with Crippen LogP contribution in [-0.2, 0) is 9.59 Å². The van der Waals surface area contributed by atoms with Crippen LogP contribution >= 0.6 is 0 Å². The molecule has 0 saturated carbocycles. The summed E-state index contributed by atoms with van der Waals surface area (Å²) in [5, 5.41) is 14.7. The topological polar surface area (TPSA) is 78.4 Å². The summed E-state index contributed by atoms with van der Waals surface area (Å²) in [6.45, 7) is 10.5. The lowest BCUT2D eigenvalue weighted by Gasteiger charge is -2.25. The molecule has 0 spiro atoms. The lowest BCUT2D eigenvalue weighted by Crippen LogP contribution is -2.45. The molecule has 1 amide bonds. The number of hydrogen-bond acceptors (Lipinski definition) is 3. The number of carboxylic acid groups (broad SMARTS) is 1. The maximum absolute atomic E-state index is 11.7. The van der Waals surface area contributed by atoms with Crippen LogP contribution in [0.2, 0.25) is 0 Å². The van der Waals surface area contributed by atoms with Gasteiger partial charge < -0.3 is 15.7 Å². The van der Waals surface area contributed by atoms with Crippen LogP contribution in [-0.4, -0.2) is 35.6 Å². The lowest BCUT2D eigenvalue weighted by molar-refractivity contribution is -0.137. The molecular formula is C14H28N2O3. The molecule has 0 rings (SSSR count). The molecule has 0 fully saturated rings. The molecule has 0 aromatic rings. The fraction of sp³-hybridized carbons (Fsp3) is 0.857. The van der Waals surface area contributed by atoms with Gasteiger partial charge in [0.05, 0.1) is 6.04 Å². The maximum atomic E-state index is 11.7. The van der Waals surface area contributed by atoms with Gasteiger partial charge in [0, 0.05) is 12.5 Å². The first-order chi connectivity index (χ1) is 8.64. The van der Waals surface area contributed by atoms with Gasteiger partial charge in [-0.15, -0.1) is 0 Å². The monoisotopic (exact) mass is 272 g/mol. The molecule has 0 aromatic heterocycles. The SMILES string of the molecule is CC(C)NC(=O)C(C)NCCC(C)(C)CCC(=O)O. The Balaban J connectivity index is 3.94. The van der Waals surface area contributed by atoms with Gasteiger partial charge in [0.15, 0.2) is 0 Å². The maximum Gasteiger partial charge on any atom is 0.303 e. The van der Waals surface area contributed by atoms with E-state index in [-0.39, 0.29) is 29.8 Å². The first kappa shape index (κ1) is 17.9. The summed E-state index contributed by atoms with van der Waals surface area (Å²) >= 11 is 0. The average Bonchev–Trinajstić information content (AvgIpc) is 2.25. The van der Waals surface area contributed by atoms with Crippen molar-refractivity contribution in [1.29, 1.82) is 0 Å². The van der Waals surface area contributed by atoms with Gasteiger partial charge in [0.1, 0.15) is 0 Å². The Morgan fingerprint density at radius 2 is 1.74 bits per heavy atom. The zero-order chi connectivity index (χ0) is 15.1. The molecule has 5 heteroatoms. The lowest BCUT2D eigenvalue weighted by atomic mass is 9.84. The summed E-state index contributed by atoms with van der Waals surface area (Å²) in [5.74, 6) is -0.760. The van der Waals surface area contributed by atoms with Gasteiger partial charge in [-0.1, -0.05) is 13.8 Å². The summed E-state index contributed by atoms with van der Waals surface area (Å²) in [6, 6.07) is -0.0820. The number of rotatable bonds is 9. The fourth-order valence-corrected chi connectivity index (χ4v) is 1.70. The molecule has 0 radical (unpaired) electrons. The molecule has 0 aliphatic carbocycles. The molecule has 1 unspecified atom stereocenters. The number of nitrogens with one attached hydrogen (secondary N) is 2. The van der Waals surface area contributed by atoms with E-state index in [4.69, 9.17) is 5.11 Å². The molecule has 0 heterocycles. The summed E-state index contributed by atoms with van der Waals surface area (Å²) in [7, 11) is 0. The van der Waals surface area contributed by atoms with E-state index in [1.807, 2.05) is 20.8 Å². The molecule has 112 valence electrons. The summed E-state index contributed by atoms with van der Waals surface area (Å²) in [5.41, 5.74) is -0.0281. The number of hydrogen-bond donors (Lipinski definition) is 3. The van der Waals surface area contributed by atoms with Crippen molar-refractivity contribution in [3.8, 4) is 0 Å². The van der Waals surface area contributed by atoms with Crippen LogP contribution < -0.4 is 10.6 Å². The highest BCUT2D eigenvalue weighted by Crippen LogP contribution is 2.25. The Morgan fingerprint density at radius 1 is 1.16 bits per heavy atom. The third kappa shape index (κ3) is 9.47. The molecule has 3 N–H and O–H groups in total. The van der Waals surface area contributed by atoms with Gasteiger partial charge in [-0.2, -0.15) is 0 Å². The van der Waals surface area contributed by atoms with Crippen LogP contribution in [0.1, 0.15) is 53.9 Å². The quantitative estimate of drug-likeness (QED) is 0.598.